The number of hydrogen-bond donors (Lipinski definition) is 0. The lowest BCUT2D eigenvalue weighted by molar-refractivity contribution is -0.138. The SMILES string of the molecule is Cn1ccc(CN2CCC(C(=O)N3CCC(n4c(-c5ccccn5)nc5c4N=C=C=C5)CC3)CC2)c1. The Morgan fingerprint density at radius 3 is 2.64 bits per heavy atom. The van der Waals surface area contributed by atoms with Crippen molar-refractivity contribution < 1.29 is 4.79 Å². The van der Waals surface area contributed by atoms with Crippen LogP contribution in [0.4, 0.5) is 5.82 Å². The normalized spacial score (nSPS) is 18.6. The van der Waals surface area contributed by atoms with Gasteiger partial charge in [-0.3, -0.25) is 14.7 Å². The molecule has 0 aromatic carbocycles. The summed E-state index contributed by atoms with van der Waals surface area (Å²) in [5.41, 5.74) is 5.89. The van der Waals surface area contributed by atoms with Gasteiger partial charge in [-0.2, -0.15) is 4.99 Å². The van der Waals surface area contributed by atoms with Gasteiger partial charge in [-0.05, 0) is 68.3 Å². The fourth-order valence-electron chi connectivity index (χ4n) is 5.71. The van der Waals surface area contributed by atoms with E-state index in [0.29, 0.717) is 5.91 Å². The van der Waals surface area contributed by atoms with Gasteiger partial charge in [0.05, 0.1) is 0 Å². The number of carbonyl (C=O) groups is 1. The van der Waals surface area contributed by atoms with Crippen LogP contribution in [-0.2, 0) is 18.4 Å². The number of carbonyl (C=O) groups excluding carboxylic acids is 1. The van der Waals surface area contributed by atoms with Gasteiger partial charge in [0.1, 0.15) is 11.4 Å². The first kappa shape index (κ1) is 22.7. The Morgan fingerprint density at radius 2 is 1.92 bits per heavy atom. The first-order valence-corrected chi connectivity index (χ1v) is 12.9. The van der Waals surface area contributed by atoms with Crippen LogP contribution in [0.2, 0.25) is 0 Å². The minimum Gasteiger partial charge on any atom is -0.357 e. The molecule has 0 spiro atoms. The van der Waals surface area contributed by atoms with Crippen LogP contribution in [0.3, 0.4) is 0 Å². The van der Waals surface area contributed by atoms with E-state index in [2.05, 4.69) is 66.0 Å². The van der Waals surface area contributed by atoms with Crippen LogP contribution >= 0.6 is 0 Å². The largest absolute Gasteiger partial charge is 0.357 e. The molecule has 3 aromatic heterocycles. The van der Waals surface area contributed by atoms with E-state index in [-0.39, 0.29) is 12.0 Å². The molecule has 3 aromatic rings. The van der Waals surface area contributed by atoms with Crippen molar-refractivity contribution in [2.45, 2.75) is 38.3 Å². The molecular formula is C28H31N7O. The average molecular weight is 482 g/mol. The maximum absolute atomic E-state index is 13.4. The lowest BCUT2D eigenvalue weighted by Crippen LogP contribution is -2.45. The van der Waals surface area contributed by atoms with Gasteiger partial charge in [-0.25, -0.2) is 4.98 Å². The van der Waals surface area contributed by atoms with Crippen molar-refractivity contribution in [2.75, 3.05) is 26.2 Å². The minimum absolute atomic E-state index is 0.138. The summed E-state index contributed by atoms with van der Waals surface area (Å²) < 4.78 is 4.29. The lowest BCUT2D eigenvalue weighted by Gasteiger charge is -2.38. The highest BCUT2D eigenvalue weighted by atomic mass is 16.2. The number of amides is 1. The molecule has 6 heterocycles. The smallest absolute Gasteiger partial charge is 0.225 e. The Morgan fingerprint density at radius 1 is 1.08 bits per heavy atom. The standard InChI is InChI=1S/C28H31N7O/c1-32-14-7-21(19-32)20-33-15-8-22(9-16-33)28(36)34-17-10-23(11-18-34)35-26-25(6-4-13-30-26)31-27(35)24-5-2-3-12-29-24/h2-3,5-7,12,14,19,22-23H,8-11,15-18,20H2,1H3. The number of imidazole rings is 1. The van der Waals surface area contributed by atoms with E-state index in [1.165, 1.54) is 5.56 Å². The molecule has 0 saturated carbocycles. The number of hydrogen-bond acceptors (Lipinski definition) is 5. The molecule has 1 amide bonds. The second-order valence-electron chi connectivity index (χ2n) is 10.0. The Bertz CT molecular complexity index is 1340. The number of aromatic nitrogens is 4. The first-order valence-electron chi connectivity index (χ1n) is 12.9. The number of rotatable bonds is 5. The molecule has 184 valence electrons. The van der Waals surface area contributed by atoms with Gasteiger partial charge in [-0.15, -0.1) is 0 Å². The molecule has 0 N–H and O–H groups in total. The lowest BCUT2D eigenvalue weighted by atomic mass is 9.93. The van der Waals surface area contributed by atoms with Gasteiger partial charge >= 0.3 is 0 Å². The molecule has 8 heteroatoms. The first-order chi connectivity index (χ1) is 17.7. The Hall–Kier alpha value is -3.70. The summed E-state index contributed by atoms with van der Waals surface area (Å²) in [5.74, 6) is 4.94. The molecule has 0 atom stereocenters. The fourth-order valence-corrected chi connectivity index (χ4v) is 5.71. The quantitative estimate of drug-likeness (QED) is 0.406. The third kappa shape index (κ3) is 4.47. The van der Waals surface area contributed by atoms with Gasteiger partial charge in [0.2, 0.25) is 5.91 Å². The number of aliphatic imine (C=N–C) groups is 1. The van der Waals surface area contributed by atoms with Crippen molar-refractivity contribution >= 4 is 23.7 Å². The van der Waals surface area contributed by atoms with Gasteiger partial charge in [0, 0.05) is 69.2 Å². The average Bonchev–Trinajstić information content (AvgIpc) is 3.52. The summed E-state index contributed by atoms with van der Waals surface area (Å²) in [6.45, 7) is 4.45. The Kier molecular flexibility index (Phi) is 6.16. The van der Waals surface area contributed by atoms with Crippen LogP contribution in [-0.4, -0.2) is 66.9 Å². The third-order valence-corrected chi connectivity index (χ3v) is 7.62. The van der Waals surface area contributed by atoms with E-state index >= 15 is 0 Å². The summed E-state index contributed by atoms with van der Waals surface area (Å²) in [4.78, 5) is 31.8. The van der Waals surface area contributed by atoms with Crippen LogP contribution < -0.4 is 0 Å². The van der Waals surface area contributed by atoms with Crippen molar-refractivity contribution in [1.29, 1.82) is 0 Å². The maximum atomic E-state index is 13.4. The zero-order chi connectivity index (χ0) is 24.5. The molecular weight excluding hydrogens is 450 g/mol. The molecule has 8 nitrogen and oxygen atoms in total. The zero-order valence-corrected chi connectivity index (χ0v) is 20.7. The number of aryl methyl sites for hydroxylation is 1. The second-order valence-corrected chi connectivity index (χ2v) is 10.0. The van der Waals surface area contributed by atoms with Gasteiger partial charge in [0.15, 0.2) is 11.6 Å². The van der Waals surface area contributed by atoms with Crippen LogP contribution in [0.5, 0.6) is 0 Å². The van der Waals surface area contributed by atoms with Crippen molar-refractivity contribution in [3.63, 3.8) is 0 Å². The highest BCUT2D eigenvalue weighted by Crippen LogP contribution is 2.37. The van der Waals surface area contributed by atoms with Crippen LogP contribution in [0.15, 0.2) is 53.6 Å². The monoisotopic (exact) mass is 481 g/mol. The van der Waals surface area contributed by atoms with Crippen LogP contribution in [0.1, 0.15) is 43.0 Å². The molecule has 0 aliphatic carbocycles. The Labute approximate surface area is 211 Å². The molecule has 0 radical (unpaired) electrons. The van der Waals surface area contributed by atoms with Crippen molar-refractivity contribution in [1.82, 2.24) is 28.9 Å². The molecule has 3 aliphatic heterocycles. The summed E-state index contributed by atoms with van der Waals surface area (Å²) in [7, 11) is 2.06. The second kappa shape index (κ2) is 9.75. The fraction of sp³-hybridized carbons (Fsp3) is 0.429. The molecule has 0 unspecified atom stereocenters. The van der Waals surface area contributed by atoms with Crippen molar-refractivity contribution in [3.05, 3.63) is 59.8 Å². The number of fused-ring (bicyclic) bond motifs is 1. The van der Waals surface area contributed by atoms with E-state index in [9.17, 15) is 4.79 Å². The van der Waals surface area contributed by atoms with E-state index in [4.69, 9.17) is 4.98 Å². The minimum atomic E-state index is 0.138. The van der Waals surface area contributed by atoms with E-state index in [0.717, 1.165) is 81.4 Å². The number of nitrogens with zero attached hydrogens (tertiary/aromatic N) is 7. The van der Waals surface area contributed by atoms with E-state index in [1.807, 2.05) is 24.3 Å². The van der Waals surface area contributed by atoms with Gasteiger partial charge in [-0.1, -0.05) is 6.07 Å². The number of pyridine rings is 1. The topological polar surface area (TPSA) is 71.6 Å². The van der Waals surface area contributed by atoms with Crippen molar-refractivity contribution in [3.8, 4) is 11.5 Å². The van der Waals surface area contributed by atoms with E-state index in [1.54, 1.807) is 6.20 Å². The molecule has 3 aliphatic rings. The maximum Gasteiger partial charge on any atom is 0.225 e. The summed E-state index contributed by atoms with van der Waals surface area (Å²) in [6.07, 6.45) is 11.5. The third-order valence-electron chi connectivity index (χ3n) is 7.62. The summed E-state index contributed by atoms with van der Waals surface area (Å²) in [6, 6.07) is 8.26. The van der Waals surface area contributed by atoms with Crippen molar-refractivity contribution in [2.24, 2.45) is 18.0 Å². The van der Waals surface area contributed by atoms with Gasteiger partial charge in [0.25, 0.3) is 0 Å². The molecule has 2 saturated heterocycles. The van der Waals surface area contributed by atoms with Crippen LogP contribution in [0.25, 0.3) is 17.6 Å². The molecule has 0 bridgehead atoms. The van der Waals surface area contributed by atoms with Crippen LogP contribution in [0, 0.1) is 5.92 Å². The highest BCUT2D eigenvalue weighted by Gasteiger charge is 2.33. The Balaban J connectivity index is 1.09. The highest BCUT2D eigenvalue weighted by molar-refractivity contribution is 5.79. The predicted molar refractivity (Wildman–Crippen MR) is 139 cm³/mol. The molecule has 6 rings (SSSR count). The predicted octanol–water partition coefficient (Wildman–Crippen LogP) is 3.84. The zero-order valence-electron chi connectivity index (χ0n) is 20.7. The van der Waals surface area contributed by atoms with E-state index < -0.39 is 0 Å². The molecule has 36 heavy (non-hydrogen) atoms. The summed E-state index contributed by atoms with van der Waals surface area (Å²) >= 11 is 0. The number of piperidine rings is 2. The summed E-state index contributed by atoms with van der Waals surface area (Å²) in [5, 5.41) is 0. The number of likely N-dealkylation sites (tertiary alicyclic amines) is 2. The van der Waals surface area contributed by atoms with Gasteiger partial charge < -0.3 is 14.0 Å². The molecule has 2 fully saturated rings.